The second kappa shape index (κ2) is 12.1. The SMILES string of the molecule is C=C(C)C(=O)OC(C)Sc1ccc(Sc2ccc(SC(C)OC(=O)C(=C)C)cc2)cc1. The van der Waals surface area contributed by atoms with Gasteiger partial charge in [-0.15, -0.1) is 0 Å². The summed E-state index contributed by atoms with van der Waals surface area (Å²) in [4.78, 5) is 27.5. The first kappa shape index (κ1) is 25.2. The molecule has 0 fully saturated rings. The summed E-state index contributed by atoms with van der Waals surface area (Å²) in [7, 11) is 0. The maximum atomic E-state index is 11.6. The second-order valence-electron chi connectivity index (χ2n) is 6.79. The molecule has 4 nitrogen and oxygen atoms in total. The van der Waals surface area contributed by atoms with E-state index < -0.39 is 0 Å². The molecule has 0 aromatic heterocycles. The van der Waals surface area contributed by atoms with Gasteiger partial charge in [0.1, 0.15) is 10.9 Å². The molecule has 2 aromatic carbocycles. The maximum Gasteiger partial charge on any atom is 0.334 e. The van der Waals surface area contributed by atoms with Crippen LogP contribution in [0.25, 0.3) is 0 Å². The normalized spacial score (nSPS) is 12.5. The van der Waals surface area contributed by atoms with Gasteiger partial charge in [-0.1, -0.05) is 48.4 Å². The number of hydrogen-bond donors (Lipinski definition) is 0. The van der Waals surface area contributed by atoms with Crippen molar-refractivity contribution in [1.82, 2.24) is 0 Å². The van der Waals surface area contributed by atoms with Gasteiger partial charge in [0, 0.05) is 30.7 Å². The number of thioether (sulfide) groups is 2. The zero-order valence-electron chi connectivity index (χ0n) is 18.0. The quantitative estimate of drug-likeness (QED) is 0.160. The van der Waals surface area contributed by atoms with Crippen molar-refractivity contribution in [2.24, 2.45) is 0 Å². The van der Waals surface area contributed by atoms with E-state index >= 15 is 0 Å². The van der Waals surface area contributed by atoms with E-state index in [9.17, 15) is 9.59 Å². The molecule has 0 amide bonds. The predicted molar refractivity (Wildman–Crippen MR) is 129 cm³/mol. The van der Waals surface area contributed by atoms with E-state index in [4.69, 9.17) is 9.47 Å². The lowest BCUT2D eigenvalue weighted by Crippen LogP contribution is -2.11. The van der Waals surface area contributed by atoms with Gasteiger partial charge in [-0.2, -0.15) is 0 Å². The van der Waals surface area contributed by atoms with Crippen LogP contribution >= 0.6 is 35.3 Å². The van der Waals surface area contributed by atoms with Gasteiger partial charge in [-0.3, -0.25) is 0 Å². The van der Waals surface area contributed by atoms with Crippen LogP contribution in [0.1, 0.15) is 27.7 Å². The molecule has 0 saturated heterocycles. The van der Waals surface area contributed by atoms with Crippen LogP contribution in [0, 0.1) is 0 Å². The molecule has 164 valence electrons. The monoisotopic (exact) mass is 474 g/mol. The molecule has 0 aliphatic rings. The van der Waals surface area contributed by atoms with Gasteiger partial charge < -0.3 is 9.47 Å². The Hall–Kier alpha value is -2.09. The summed E-state index contributed by atoms with van der Waals surface area (Å²) < 4.78 is 10.6. The molecule has 0 heterocycles. The van der Waals surface area contributed by atoms with E-state index in [1.54, 1.807) is 25.6 Å². The van der Waals surface area contributed by atoms with Crippen LogP contribution in [0.2, 0.25) is 0 Å². The largest absolute Gasteiger partial charge is 0.448 e. The molecule has 31 heavy (non-hydrogen) atoms. The Morgan fingerprint density at radius 1 is 0.677 bits per heavy atom. The van der Waals surface area contributed by atoms with E-state index in [-0.39, 0.29) is 22.8 Å². The highest BCUT2D eigenvalue weighted by atomic mass is 32.2. The molecule has 2 atom stereocenters. The fourth-order valence-electron chi connectivity index (χ4n) is 2.24. The summed E-state index contributed by atoms with van der Waals surface area (Å²) in [6.07, 6.45) is 0. The molecule has 0 N–H and O–H groups in total. The highest BCUT2D eigenvalue weighted by molar-refractivity contribution is 8.00. The Kier molecular flexibility index (Phi) is 9.81. The number of benzene rings is 2. The van der Waals surface area contributed by atoms with E-state index in [1.165, 1.54) is 23.5 Å². The number of carbonyl (C=O) groups excluding carboxylic acids is 2. The first-order valence-corrected chi connectivity index (χ1v) is 12.2. The van der Waals surface area contributed by atoms with Gasteiger partial charge >= 0.3 is 11.9 Å². The van der Waals surface area contributed by atoms with E-state index in [0.29, 0.717) is 11.1 Å². The van der Waals surface area contributed by atoms with Crippen molar-refractivity contribution in [2.75, 3.05) is 0 Å². The third-order valence-corrected chi connectivity index (χ3v) is 6.69. The number of ether oxygens (including phenoxy) is 2. The highest BCUT2D eigenvalue weighted by Gasteiger charge is 2.12. The smallest absolute Gasteiger partial charge is 0.334 e. The Bertz CT molecular complexity index is 859. The first-order valence-electron chi connectivity index (χ1n) is 9.58. The van der Waals surface area contributed by atoms with Gasteiger partial charge in [-0.25, -0.2) is 9.59 Å². The van der Waals surface area contributed by atoms with Gasteiger partial charge in [0.05, 0.1) is 0 Å². The predicted octanol–water partition coefficient (Wildman–Crippen LogP) is 6.95. The van der Waals surface area contributed by atoms with Gasteiger partial charge in [0.25, 0.3) is 0 Å². The summed E-state index contributed by atoms with van der Waals surface area (Å²) in [5.74, 6) is -0.755. The van der Waals surface area contributed by atoms with Gasteiger partial charge in [0.2, 0.25) is 0 Å². The lowest BCUT2D eigenvalue weighted by Gasteiger charge is -2.13. The average Bonchev–Trinajstić information content (AvgIpc) is 2.70. The number of esters is 2. The van der Waals surface area contributed by atoms with Crippen LogP contribution in [0.3, 0.4) is 0 Å². The third kappa shape index (κ3) is 8.89. The molecule has 0 radical (unpaired) electrons. The molecular formula is C24H26O4S3. The fourth-order valence-corrected chi connectivity index (χ4v) is 4.68. The molecule has 2 rings (SSSR count). The highest BCUT2D eigenvalue weighted by Crippen LogP contribution is 2.33. The molecule has 0 aliphatic heterocycles. The van der Waals surface area contributed by atoms with Gasteiger partial charge in [0.15, 0.2) is 0 Å². The summed E-state index contributed by atoms with van der Waals surface area (Å²) in [6.45, 7) is 14.1. The topological polar surface area (TPSA) is 52.6 Å². The van der Waals surface area contributed by atoms with Crippen LogP contribution in [-0.2, 0) is 19.1 Å². The minimum atomic E-state index is -0.378. The van der Waals surface area contributed by atoms with Crippen molar-refractivity contribution in [3.8, 4) is 0 Å². The maximum absolute atomic E-state index is 11.6. The van der Waals surface area contributed by atoms with Crippen molar-refractivity contribution >= 4 is 47.2 Å². The molecule has 0 saturated carbocycles. The van der Waals surface area contributed by atoms with E-state index in [0.717, 1.165) is 19.6 Å². The Morgan fingerprint density at radius 2 is 0.968 bits per heavy atom. The van der Waals surface area contributed by atoms with E-state index in [1.807, 2.05) is 62.4 Å². The molecule has 2 unspecified atom stereocenters. The summed E-state index contributed by atoms with van der Waals surface area (Å²) in [5.41, 5.74) is 0.214. The molecule has 0 spiro atoms. The van der Waals surface area contributed by atoms with E-state index in [2.05, 4.69) is 13.2 Å². The Balaban J connectivity index is 1.87. The zero-order valence-corrected chi connectivity index (χ0v) is 20.5. The van der Waals surface area contributed by atoms with Crippen molar-refractivity contribution in [3.05, 3.63) is 72.8 Å². The number of rotatable bonds is 10. The fraction of sp³-hybridized carbons (Fsp3) is 0.250. The lowest BCUT2D eigenvalue weighted by atomic mass is 10.4. The number of carbonyl (C=O) groups is 2. The zero-order chi connectivity index (χ0) is 23.0. The van der Waals surface area contributed by atoms with Crippen molar-refractivity contribution in [1.29, 1.82) is 0 Å². The Labute approximate surface area is 196 Å². The van der Waals surface area contributed by atoms with Gasteiger partial charge in [-0.05, 0) is 76.2 Å². The van der Waals surface area contributed by atoms with Crippen molar-refractivity contribution in [3.63, 3.8) is 0 Å². The second-order valence-corrected chi connectivity index (χ2v) is 10.7. The summed E-state index contributed by atoms with van der Waals surface area (Å²) in [6, 6.07) is 16.2. The van der Waals surface area contributed by atoms with Crippen molar-refractivity contribution in [2.45, 2.75) is 58.1 Å². The van der Waals surface area contributed by atoms with Crippen LogP contribution in [0.5, 0.6) is 0 Å². The van der Waals surface area contributed by atoms with Crippen LogP contribution in [0.15, 0.2) is 92.4 Å². The standard InChI is InChI=1S/C24H26O4S3/c1-15(2)23(25)27-17(5)29-19-7-11-21(12-8-19)31-22-13-9-20(10-14-22)30-18(6)28-24(26)16(3)4/h7-14,17-18H,1,3H2,2,4-6H3. The van der Waals surface area contributed by atoms with Crippen LogP contribution in [0.4, 0.5) is 0 Å². The molecule has 0 bridgehead atoms. The Morgan fingerprint density at radius 3 is 1.26 bits per heavy atom. The summed E-state index contributed by atoms with van der Waals surface area (Å²) >= 11 is 4.62. The summed E-state index contributed by atoms with van der Waals surface area (Å²) in [5, 5.41) is 0. The lowest BCUT2D eigenvalue weighted by molar-refractivity contribution is -0.140. The average molecular weight is 475 g/mol. The third-order valence-electron chi connectivity index (χ3n) is 3.73. The molecule has 2 aromatic rings. The van der Waals surface area contributed by atoms with Crippen molar-refractivity contribution < 1.29 is 19.1 Å². The van der Waals surface area contributed by atoms with Crippen LogP contribution in [-0.4, -0.2) is 22.8 Å². The first-order chi connectivity index (χ1) is 14.6. The minimum absolute atomic E-state index is 0.287. The minimum Gasteiger partial charge on any atom is -0.448 e. The molecule has 0 aliphatic carbocycles. The number of hydrogen-bond acceptors (Lipinski definition) is 7. The van der Waals surface area contributed by atoms with Crippen LogP contribution < -0.4 is 0 Å². The molecule has 7 heteroatoms. The molecular weight excluding hydrogens is 448 g/mol.